The van der Waals surface area contributed by atoms with Crippen molar-refractivity contribution in [3.05, 3.63) is 236 Å². The monoisotopic (exact) mass is 754 g/mol. The second-order valence-corrected chi connectivity index (χ2v) is 14.6. The van der Waals surface area contributed by atoms with Gasteiger partial charge in [-0.2, -0.15) is 0 Å². The van der Waals surface area contributed by atoms with Crippen LogP contribution in [0.5, 0.6) is 11.5 Å². The molecule has 0 saturated heterocycles. The van der Waals surface area contributed by atoms with Gasteiger partial charge in [0.25, 0.3) is 0 Å². The summed E-state index contributed by atoms with van der Waals surface area (Å²) in [6.45, 7) is 8.97. The van der Waals surface area contributed by atoms with Gasteiger partial charge in [-0.15, -0.1) is 0 Å². The van der Waals surface area contributed by atoms with Crippen LogP contribution < -0.4 is 9.47 Å². The van der Waals surface area contributed by atoms with Crippen molar-refractivity contribution in [2.45, 2.75) is 27.7 Å². The standard InChI is InChI=1S/C56H50O2/c1-39-40(2)54(36-26-44-19-23-46(24-20-44)38-56(48-15-11-8-12-16-48)50-29-33-52(58-6)34-30-50)42(4)41(3)53(39)35-25-43-17-21-45(22-18-43)37-55(47-13-9-7-10-14-47)49-27-31-51(57-5)32-28-49/h7-38H,1-6H3/b35-25+,36-26+,55-37-,56-38+. The van der Waals surface area contributed by atoms with E-state index in [1.165, 1.54) is 66.8 Å². The first kappa shape index (κ1) is 39.3. The van der Waals surface area contributed by atoms with Crippen molar-refractivity contribution in [1.82, 2.24) is 0 Å². The maximum Gasteiger partial charge on any atom is 0.118 e. The molecule has 0 unspecified atom stereocenters. The van der Waals surface area contributed by atoms with Crippen LogP contribution in [0.3, 0.4) is 0 Å². The maximum atomic E-state index is 5.41. The van der Waals surface area contributed by atoms with Gasteiger partial charge in [0.05, 0.1) is 14.2 Å². The molecule has 58 heavy (non-hydrogen) atoms. The SMILES string of the molecule is COc1ccc(/C(=C\c2ccc(/C=C/c3c(C)c(C)c(/C=C/c4ccc(/C=C(\c5ccccc5)c5ccc(OC)cc5)cc4)c(C)c3C)cc2)c2ccccc2)cc1. The van der Waals surface area contributed by atoms with Crippen molar-refractivity contribution in [3.8, 4) is 11.5 Å². The number of benzene rings is 7. The van der Waals surface area contributed by atoms with Gasteiger partial charge >= 0.3 is 0 Å². The van der Waals surface area contributed by atoms with Crippen LogP contribution in [0, 0.1) is 27.7 Å². The zero-order valence-corrected chi connectivity index (χ0v) is 34.3. The highest BCUT2D eigenvalue weighted by Gasteiger charge is 2.12. The predicted molar refractivity (Wildman–Crippen MR) is 249 cm³/mol. The summed E-state index contributed by atoms with van der Waals surface area (Å²) in [5.74, 6) is 1.70. The summed E-state index contributed by atoms with van der Waals surface area (Å²) in [7, 11) is 3.40. The van der Waals surface area contributed by atoms with Crippen LogP contribution in [0.4, 0.5) is 0 Å². The Bertz CT molecular complexity index is 2370. The van der Waals surface area contributed by atoms with E-state index in [9.17, 15) is 0 Å². The fourth-order valence-corrected chi connectivity index (χ4v) is 7.41. The molecule has 2 nitrogen and oxygen atoms in total. The lowest BCUT2D eigenvalue weighted by atomic mass is 9.88. The summed E-state index contributed by atoms with van der Waals surface area (Å²) in [6.07, 6.45) is 13.5. The van der Waals surface area contributed by atoms with Crippen LogP contribution in [0.2, 0.25) is 0 Å². The van der Waals surface area contributed by atoms with E-state index >= 15 is 0 Å². The van der Waals surface area contributed by atoms with E-state index in [-0.39, 0.29) is 0 Å². The Morgan fingerprint density at radius 1 is 0.328 bits per heavy atom. The highest BCUT2D eigenvalue weighted by Crippen LogP contribution is 2.32. The first-order valence-corrected chi connectivity index (χ1v) is 19.8. The molecule has 0 radical (unpaired) electrons. The minimum atomic E-state index is 0.851. The van der Waals surface area contributed by atoms with Crippen LogP contribution in [0.15, 0.2) is 158 Å². The largest absolute Gasteiger partial charge is 0.497 e. The molecular formula is C56H50O2. The number of hydrogen-bond donors (Lipinski definition) is 0. The molecule has 7 aromatic rings. The Balaban J connectivity index is 1.09. The summed E-state index contributed by atoms with van der Waals surface area (Å²) in [4.78, 5) is 0. The van der Waals surface area contributed by atoms with Crippen molar-refractivity contribution in [3.63, 3.8) is 0 Å². The first-order valence-electron chi connectivity index (χ1n) is 19.8. The van der Waals surface area contributed by atoms with Gasteiger partial charge in [-0.1, -0.05) is 158 Å². The predicted octanol–water partition coefficient (Wildman–Crippen LogP) is 14.5. The van der Waals surface area contributed by atoms with Gasteiger partial charge in [-0.3, -0.25) is 0 Å². The van der Waals surface area contributed by atoms with E-state index < -0.39 is 0 Å². The molecule has 2 heteroatoms. The molecule has 0 aliphatic carbocycles. The van der Waals surface area contributed by atoms with E-state index in [0.717, 1.165) is 33.8 Å². The van der Waals surface area contributed by atoms with Gasteiger partial charge in [0.2, 0.25) is 0 Å². The smallest absolute Gasteiger partial charge is 0.118 e. The second-order valence-electron chi connectivity index (χ2n) is 14.6. The van der Waals surface area contributed by atoms with Crippen LogP contribution >= 0.6 is 0 Å². The molecule has 0 aliphatic rings. The number of ether oxygens (including phenoxy) is 2. The Kier molecular flexibility index (Phi) is 12.5. The third-order valence-electron chi connectivity index (χ3n) is 11.1. The third kappa shape index (κ3) is 9.20. The lowest BCUT2D eigenvalue weighted by Gasteiger charge is -2.17. The topological polar surface area (TPSA) is 18.5 Å². The molecule has 286 valence electrons. The van der Waals surface area contributed by atoms with Crippen LogP contribution in [-0.4, -0.2) is 14.2 Å². The zero-order chi connectivity index (χ0) is 40.4. The molecule has 0 N–H and O–H groups in total. The fourth-order valence-electron chi connectivity index (χ4n) is 7.41. The Morgan fingerprint density at radius 3 is 0.931 bits per heavy atom. The van der Waals surface area contributed by atoms with E-state index in [1.54, 1.807) is 14.2 Å². The molecule has 0 saturated carbocycles. The van der Waals surface area contributed by atoms with Crippen molar-refractivity contribution in [2.75, 3.05) is 14.2 Å². The lowest BCUT2D eigenvalue weighted by molar-refractivity contribution is 0.414. The van der Waals surface area contributed by atoms with Crippen LogP contribution in [0.1, 0.15) is 77.9 Å². The Hall–Kier alpha value is -6.90. The molecular weight excluding hydrogens is 705 g/mol. The molecule has 0 bridgehead atoms. The molecule has 0 amide bonds. The normalized spacial score (nSPS) is 12.0. The third-order valence-corrected chi connectivity index (χ3v) is 11.1. The highest BCUT2D eigenvalue weighted by molar-refractivity contribution is 5.93. The fraction of sp³-hybridized carbons (Fsp3) is 0.107. The quantitative estimate of drug-likeness (QED) is 0.116. The molecule has 0 aliphatic heterocycles. The number of rotatable bonds is 12. The van der Waals surface area contributed by atoms with Crippen LogP contribution in [-0.2, 0) is 0 Å². The second kappa shape index (κ2) is 18.4. The van der Waals surface area contributed by atoms with E-state index in [4.69, 9.17) is 9.47 Å². The number of methoxy groups -OCH3 is 2. The Labute approximate surface area is 344 Å². The Morgan fingerprint density at radius 2 is 0.621 bits per heavy atom. The van der Waals surface area contributed by atoms with Gasteiger partial charge in [0.1, 0.15) is 11.5 Å². The summed E-state index contributed by atoms with van der Waals surface area (Å²) in [5.41, 5.74) is 19.4. The summed E-state index contributed by atoms with van der Waals surface area (Å²) in [5, 5.41) is 0. The summed E-state index contributed by atoms with van der Waals surface area (Å²) in [6, 6.07) is 55.2. The van der Waals surface area contributed by atoms with Crippen molar-refractivity contribution >= 4 is 47.6 Å². The summed E-state index contributed by atoms with van der Waals surface area (Å²) >= 11 is 0. The maximum absolute atomic E-state index is 5.41. The van der Waals surface area contributed by atoms with Gasteiger partial charge in [0, 0.05) is 0 Å². The average Bonchev–Trinajstić information content (AvgIpc) is 3.28. The molecule has 0 aromatic heterocycles. The highest BCUT2D eigenvalue weighted by atomic mass is 16.5. The molecule has 7 rings (SSSR count). The van der Waals surface area contributed by atoms with E-state index in [0.29, 0.717) is 0 Å². The minimum Gasteiger partial charge on any atom is -0.497 e. The average molecular weight is 755 g/mol. The van der Waals surface area contributed by atoms with Gasteiger partial charge < -0.3 is 9.47 Å². The zero-order valence-electron chi connectivity index (χ0n) is 34.3. The first-order chi connectivity index (χ1) is 28.3. The summed E-state index contributed by atoms with van der Waals surface area (Å²) < 4.78 is 10.8. The van der Waals surface area contributed by atoms with Gasteiger partial charge in [0.15, 0.2) is 0 Å². The van der Waals surface area contributed by atoms with Crippen molar-refractivity contribution in [1.29, 1.82) is 0 Å². The molecule has 0 fully saturated rings. The molecule has 0 atom stereocenters. The van der Waals surface area contributed by atoms with Gasteiger partial charge in [-0.25, -0.2) is 0 Å². The number of hydrogen-bond acceptors (Lipinski definition) is 2. The van der Waals surface area contributed by atoms with Crippen molar-refractivity contribution < 1.29 is 9.47 Å². The van der Waals surface area contributed by atoms with Crippen molar-refractivity contribution in [2.24, 2.45) is 0 Å². The van der Waals surface area contributed by atoms with Gasteiger partial charge in [-0.05, 0) is 153 Å². The van der Waals surface area contributed by atoms with Crippen LogP contribution in [0.25, 0.3) is 47.6 Å². The minimum absolute atomic E-state index is 0.851. The van der Waals surface area contributed by atoms with E-state index in [1.807, 2.05) is 24.3 Å². The molecule has 7 aromatic carbocycles. The van der Waals surface area contributed by atoms with E-state index in [2.05, 4.69) is 198 Å². The molecule has 0 heterocycles. The molecule has 0 spiro atoms. The lowest BCUT2D eigenvalue weighted by Crippen LogP contribution is -1.99.